The highest BCUT2D eigenvalue weighted by atomic mass is 16.2. The Labute approximate surface area is 110 Å². The molecule has 0 aromatic heterocycles. The van der Waals surface area contributed by atoms with E-state index in [1.807, 2.05) is 27.7 Å². The van der Waals surface area contributed by atoms with Gasteiger partial charge in [-0.05, 0) is 39.8 Å². The Balaban J connectivity index is 2.67. The second-order valence-electron chi connectivity index (χ2n) is 5.26. The Morgan fingerprint density at radius 1 is 1.28 bits per heavy atom. The van der Waals surface area contributed by atoms with Crippen LogP contribution in [0, 0.1) is 6.92 Å². The van der Waals surface area contributed by atoms with Crippen LogP contribution in [0.2, 0.25) is 0 Å². The van der Waals surface area contributed by atoms with E-state index in [0.29, 0.717) is 0 Å². The summed E-state index contributed by atoms with van der Waals surface area (Å²) in [6, 6.07) is 8.26. The third-order valence-electron chi connectivity index (χ3n) is 3.11. The predicted octanol–water partition coefficient (Wildman–Crippen LogP) is 2.56. The van der Waals surface area contributed by atoms with E-state index >= 15 is 0 Å². The van der Waals surface area contributed by atoms with Gasteiger partial charge >= 0.3 is 0 Å². The fourth-order valence-electron chi connectivity index (χ4n) is 1.84. The molecule has 1 atom stereocenters. The summed E-state index contributed by atoms with van der Waals surface area (Å²) in [5.74, 6) is 0.0254. The lowest BCUT2D eigenvalue weighted by Gasteiger charge is -2.27. The Morgan fingerprint density at radius 2 is 1.83 bits per heavy atom. The van der Waals surface area contributed by atoms with Gasteiger partial charge in [0.05, 0.1) is 11.6 Å². The van der Waals surface area contributed by atoms with Crippen LogP contribution in [0.5, 0.6) is 0 Å². The van der Waals surface area contributed by atoms with E-state index in [0.717, 1.165) is 12.1 Å². The third kappa shape index (κ3) is 3.84. The number of rotatable bonds is 5. The fraction of sp³-hybridized carbons (Fsp3) is 0.533. The molecule has 0 spiro atoms. The second-order valence-corrected chi connectivity index (χ2v) is 5.26. The van der Waals surface area contributed by atoms with E-state index in [2.05, 4.69) is 41.8 Å². The zero-order valence-electron chi connectivity index (χ0n) is 12.0. The molecule has 2 N–H and O–H groups in total. The number of nitrogens with one attached hydrogen (secondary N) is 2. The molecule has 0 bridgehead atoms. The van der Waals surface area contributed by atoms with Crippen LogP contribution in [0.15, 0.2) is 24.3 Å². The summed E-state index contributed by atoms with van der Waals surface area (Å²) in [5, 5.41) is 6.21. The lowest BCUT2D eigenvalue weighted by atomic mass is 10.0. The summed E-state index contributed by atoms with van der Waals surface area (Å²) in [5.41, 5.74) is 1.82. The van der Waals surface area contributed by atoms with Gasteiger partial charge in [0.15, 0.2) is 0 Å². The Bertz CT molecular complexity index is 395. The van der Waals surface area contributed by atoms with E-state index < -0.39 is 5.54 Å². The van der Waals surface area contributed by atoms with Crippen molar-refractivity contribution in [1.82, 2.24) is 10.6 Å². The maximum Gasteiger partial charge on any atom is 0.240 e. The lowest BCUT2D eigenvalue weighted by molar-refractivity contribution is -0.127. The summed E-state index contributed by atoms with van der Waals surface area (Å²) in [6.45, 7) is 10.6. The highest BCUT2D eigenvalue weighted by Gasteiger charge is 2.27. The average Bonchev–Trinajstić information content (AvgIpc) is 2.29. The van der Waals surface area contributed by atoms with Crippen molar-refractivity contribution in [3.05, 3.63) is 35.4 Å². The lowest BCUT2D eigenvalue weighted by Crippen LogP contribution is -2.52. The molecular formula is C15H24N2O. The SMILES string of the molecule is CCNC(C)(C)C(=O)N[C@@H](C)c1ccc(C)cc1. The summed E-state index contributed by atoms with van der Waals surface area (Å²) in [4.78, 5) is 12.1. The molecule has 0 saturated heterocycles. The highest BCUT2D eigenvalue weighted by molar-refractivity contribution is 5.85. The van der Waals surface area contributed by atoms with Crippen LogP contribution in [-0.2, 0) is 4.79 Å². The maximum atomic E-state index is 12.1. The number of hydrogen-bond acceptors (Lipinski definition) is 2. The largest absolute Gasteiger partial charge is 0.348 e. The average molecular weight is 248 g/mol. The van der Waals surface area contributed by atoms with Crippen LogP contribution in [0.1, 0.15) is 44.9 Å². The quantitative estimate of drug-likeness (QED) is 0.841. The normalized spacial score (nSPS) is 13.2. The number of carbonyl (C=O) groups excluding carboxylic acids is 1. The minimum absolute atomic E-state index is 0.0241. The minimum atomic E-state index is -0.534. The molecule has 0 unspecified atom stereocenters. The molecular weight excluding hydrogens is 224 g/mol. The number of carbonyl (C=O) groups is 1. The van der Waals surface area contributed by atoms with E-state index in [4.69, 9.17) is 0 Å². The van der Waals surface area contributed by atoms with Crippen molar-refractivity contribution in [3.63, 3.8) is 0 Å². The summed E-state index contributed by atoms with van der Waals surface area (Å²) in [6.07, 6.45) is 0. The zero-order valence-corrected chi connectivity index (χ0v) is 12.0. The Morgan fingerprint density at radius 3 is 2.33 bits per heavy atom. The molecule has 18 heavy (non-hydrogen) atoms. The van der Waals surface area contributed by atoms with Crippen LogP contribution in [0.4, 0.5) is 0 Å². The Hall–Kier alpha value is -1.35. The highest BCUT2D eigenvalue weighted by Crippen LogP contribution is 2.14. The van der Waals surface area contributed by atoms with Crippen molar-refractivity contribution < 1.29 is 4.79 Å². The first-order chi connectivity index (χ1) is 8.36. The molecule has 0 aliphatic carbocycles. The topological polar surface area (TPSA) is 41.1 Å². The standard InChI is InChI=1S/C15H24N2O/c1-6-16-15(4,5)14(18)17-12(3)13-9-7-11(2)8-10-13/h7-10,12,16H,6H2,1-5H3,(H,17,18)/t12-/m0/s1. The molecule has 1 amide bonds. The zero-order chi connectivity index (χ0) is 13.8. The first-order valence-electron chi connectivity index (χ1n) is 6.49. The van der Waals surface area contributed by atoms with Gasteiger partial charge in [0, 0.05) is 0 Å². The fourth-order valence-corrected chi connectivity index (χ4v) is 1.84. The van der Waals surface area contributed by atoms with Gasteiger partial charge in [-0.1, -0.05) is 36.8 Å². The molecule has 3 nitrogen and oxygen atoms in total. The summed E-state index contributed by atoms with van der Waals surface area (Å²) in [7, 11) is 0. The minimum Gasteiger partial charge on any atom is -0.348 e. The van der Waals surface area contributed by atoms with Crippen molar-refractivity contribution in [2.75, 3.05) is 6.54 Å². The monoisotopic (exact) mass is 248 g/mol. The molecule has 0 heterocycles. The predicted molar refractivity (Wildman–Crippen MR) is 75.5 cm³/mol. The van der Waals surface area contributed by atoms with Crippen LogP contribution in [0.3, 0.4) is 0 Å². The molecule has 1 aromatic rings. The van der Waals surface area contributed by atoms with Crippen LogP contribution < -0.4 is 10.6 Å². The summed E-state index contributed by atoms with van der Waals surface area (Å²) >= 11 is 0. The van der Waals surface area contributed by atoms with Gasteiger partial charge in [-0.3, -0.25) is 4.79 Å². The Kier molecular flexibility index (Phi) is 4.91. The van der Waals surface area contributed by atoms with Gasteiger partial charge in [-0.15, -0.1) is 0 Å². The van der Waals surface area contributed by atoms with Crippen molar-refractivity contribution in [3.8, 4) is 0 Å². The molecule has 0 radical (unpaired) electrons. The van der Waals surface area contributed by atoms with Gasteiger partial charge in [-0.2, -0.15) is 0 Å². The molecule has 1 rings (SSSR count). The molecule has 100 valence electrons. The van der Waals surface area contributed by atoms with Gasteiger partial charge in [0.2, 0.25) is 5.91 Å². The van der Waals surface area contributed by atoms with Crippen LogP contribution in [0.25, 0.3) is 0 Å². The molecule has 1 aromatic carbocycles. The number of benzene rings is 1. The van der Waals surface area contributed by atoms with E-state index in [9.17, 15) is 4.79 Å². The molecule has 0 aliphatic rings. The van der Waals surface area contributed by atoms with Gasteiger partial charge in [-0.25, -0.2) is 0 Å². The van der Waals surface area contributed by atoms with E-state index in [1.54, 1.807) is 0 Å². The van der Waals surface area contributed by atoms with Crippen molar-refractivity contribution in [1.29, 1.82) is 0 Å². The molecule has 3 heteroatoms. The molecule has 0 saturated carbocycles. The van der Waals surface area contributed by atoms with Crippen molar-refractivity contribution in [2.45, 2.75) is 46.2 Å². The van der Waals surface area contributed by atoms with Crippen molar-refractivity contribution >= 4 is 5.91 Å². The van der Waals surface area contributed by atoms with E-state index in [1.165, 1.54) is 5.56 Å². The third-order valence-corrected chi connectivity index (χ3v) is 3.11. The van der Waals surface area contributed by atoms with Gasteiger partial charge < -0.3 is 10.6 Å². The molecule has 0 fully saturated rings. The number of hydrogen-bond donors (Lipinski definition) is 2. The molecule has 0 aliphatic heterocycles. The maximum absolute atomic E-state index is 12.1. The number of aryl methyl sites for hydroxylation is 1. The summed E-state index contributed by atoms with van der Waals surface area (Å²) < 4.78 is 0. The smallest absolute Gasteiger partial charge is 0.240 e. The number of amides is 1. The van der Waals surface area contributed by atoms with Gasteiger partial charge in [0.25, 0.3) is 0 Å². The van der Waals surface area contributed by atoms with Gasteiger partial charge in [0.1, 0.15) is 0 Å². The first-order valence-corrected chi connectivity index (χ1v) is 6.49. The van der Waals surface area contributed by atoms with E-state index in [-0.39, 0.29) is 11.9 Å². The second kappa shape index (κ2) is 6.01. The van der Waals surface area contributed by atoms with Crippen LogP contribution in [-0.4, -0.2) is 18.0 Å². The first kappa shape index (κ1) is 14.7. The number of likely N-dealkylation sites (N-methyl/N-ethyl adjacent to an activating group) is 1. The van der Waals surface area contributed by atoms with Crippen LogP contribution >= 0.6 is 0 Å². The van der Waals surface area contributed by atoms with Crippen molar-refractivity contribution in [2.24, 2.45) is 0 Å².